The van der Waals surface area contributed by atoms with E-state index in [2.05, 4.69) is 26.0 Å². The second kappa shape index (κ2) is 4.11. The Morgan fingerprint density at radius 2 is 2.17 bits per heavy atom. The van der Waals surface area contributed by atoms with Crippen LogP contribution in [-0.4, -0.2) is 14.6 Å². The first-order valence-corrected chi connectivity index (χ1v) is 6.07. The molecular weight excluding hydrogens is 298 g/mol. The lowest BCUT2D eigenvalue weighted by molar-refractivity contribution is 0.551. The molecule has 3 aromatic rings. The minimum atomic E-state index is 0.412. The summed E-state index contributed by atoms with van der Waals surface area (Å²) >= 11 is 3.24. The third kappa shape index (κ3) is 1.77. The van der Waals surface area contributed by atoms with E-state index in [-0.39, 0.29) is 0 Å². The van der Waals surface area contributed by atoms with Gasteiger partial charge in [0.15, 0.2) is 16.1 Å². The highest BCUT2D eigenvalue weighted by Gasteiger charge is 2.12. The van der Waals surface area contributed by atoms with Gasteiger partial charge in [-0.05, 0) is 45.8 Å². The predicted molar refractivity (Wildman–Crippen MR) is 70.7 cm³/mol. The van der Waals surface area contributed by atoms with Crippen molar-refractivity contribution in [2.75, 3.05) is 5.73 Å². The zero-order chi connectivity index (χ0) is 12.7. The van der Waals surface area contributed by atoms with E-state index in [1.165, 1.54) is 0 Å². The van der Waals surface area contributed by atoms with Gasteiger partial charge in [-0.3, -0.25) is 0 Å². The van der Waals surface area contributed by atoms with Crippen molar-refractivity contribution in [1.82, 2.24) is 14.6 Å². The number of fused-ring (bicyclic) bond motifs is 1. The number of hydrogen-bond acceptors (Lipinski definition) is 5. The van der Waals surface area contributed by atoms with Crippen LogP contribution in [0.3, 0.4) is 0 Å². The predicted octanol–water partition coefficient (Wildman–Crippen LogP) is 1.79. The summed E-state index contributed by atoms with van der Waals surface area (Å²) in [5.74, 6) is 1.57. The first-order valence-electron chi connectivity index (χ1n) is 5.28. The number of hydrogen-bond donors (Lipinski definition) is 2. The molecule has 92 valence electrons. The van der Waals surface area contributed by atoms with Crippen LogP contribution < -0.4 is 11.5 Å². The lowest BCUT2D eigenvalue weighted by Gasteiger charge is -2.00. The molecule has 0 amide bonds. The van der Waals surface area contributed by atoms with Crippen molar-refractivity contribution < 1.29 is 4.42 Å². The summed E-state index contributed by atoms with van der Waals surface area (Å²) in [6.07, 6.45) is 0. The maximum atomic E-state index is 5.89. The van der Waals surface area contributed by atoms with Crippen molar-refractivity contribution >= 4 is 27.4 Å². The van der Waals surface area contributed by atoms with Crippen molar-refractivity contribution in [3.8, 4) is 11.6 Å². The Balaban J connectivity index is 2.19. The van der Waals surface area contributed by atoms with Gasteiger partial charge in [-0.1, -0.05) is 0 Å². The van der Waals surface area contributed by atoms with Crippen LogP contribution >= 0.6 is 15.9 Å². The van der Waals surface area contributed by atoms with Crippen molar-refractivity contribution in [2.45, 2.75) is 6.54 Å². The summed E-state index contributed by atoms with van der Waals surface area (Å²) in [5, 5.41) is 4.30. The number of aromatic nitrogens is 3. The molecule has 0 unspecified atom stereocenters. The van der Waals surface area contributed by atoms with Crippen LogP contribution in [0.1, 0.15) is 5.56 Å². The maximum absolute atomic E-state index is 5.89. The number of rotatable bonds is 2. The zero-order valence-corrected chi connectivity index (χ0v) is 10.9. The van der Waals surface area contributed by atoms with Crippen LogP contribution in [0.2, 0.25) is 0 Å². The van der Waals surface area contributed by atoms with Gasteiger partial charge in [0.05, 0.1) is 0 Å². The average Bonchev–Trinajstić information content (AvgIpc) is 2.94. The Morgan fingerprint density at radius 1 is 1.33 bits per heavy atom. The third-order valence-corrected chi connectivity index (χ3v) is 2.98. The number of nitrogens with two attached hydrogens (primary N) is 2. The summed E-state index contributed by atoms with van der Waals surface area (Å²) in [6.45, 7) is 0.412. The van der Waals surface area contributed by atoms with Crippen molar-refractivity contribution in [2.24, 2.45) is 5.73 Å². The standard InChI is InChI=1S/C11H10BrN5O/c12-8-2-1-7(18-8)11-15-10-4-6(5-13)3-9(14)17(10)16-11/h1-4H,5,13-14H2. The fourth-order valence-electron chi connectivity index (χ4n) is 1.72. The smallest absolute Gasteiger partial charge is 0.218 e. The summed E-state index contributed by atoms with van der Waals surface area (Å²) in [7, 11) is 0. The van der Waals surface area contributed by atoms with Gasteiger partial charge in [0.1, 0.15) is 5.82 Å². The highest BCUT2D eigenvalue weighted by molar-refractivity contribution is 9.10. The van der Waals surface area contributed by atoms with E-state index in [0.29, 0.717) is 34.3 Å². The average molecular weight is 308 g/mol. The lowest BCUT2D eigenvalue weighted by Crippen LogP contribution is -2.03. The molecule has 4 N–H and O–H groups in total. The molecule has 0 aromatic carbocycles. The monoisotopic (exact) mass is 307 g/mol. The quantitative estimate of drug-likeness (QED) is 0.752. The van der Waals surface area contributed by atoms with Gasteiger partial charge in [0.25, 0.3) is 0 Å². The summed E-state index contributed by atoms with van der Waals surface area (Å²) < 4.78 is 7.60. The van der Waals surface area contributed by atoms with Gasteiger partial charge in [0, 0.05) is 6.54 Å². The van der Waals surface area contributed by atoms with Crippen molar-refractivity contribution in [1.29, 1.82) is 0 Å². The van der Waals surface area contributed by atoms with Crippen LogP contribution in [0, 0.1) is 0 Å². The van der Waals surface area contributed by atoms with Crippen LogP contribution in [-0.2, 0) is 6.54 Å². The van der Waals surface area contributed by atoms with E-state index in [0.717, 1.165) is 5.56 Å². The van der Waals surface area contributed by atoms with Gasteiger partial charge in [-0.2, -0.15) is 4.52 Å². The molecule has 0 fully saturated rings. The van der Waals surface area contributed by atoms with Gasteiger partial charge < -0.3 is 15.9 Å². The van der Waals surface area contributed by atoms with Crippen molar-refractivity contribution in [3.63, 3.8) is 0 Å². The molecule has 18 heavy (non-hydrogen) atoms. The van der Waals surface area contributed by atoms with Crippen LogP contribution in [0.25, 0.3) is 17.2 Å². The fourth-order valence-corrected chi connectivity index (χ4v) is 2.03. The second-order valence-electron chi connectivity index (χ2n) is 3.80. The summed E-state index contributed by atoms with van der Waals surface area (Å²) in [5.41, 5.74) is 13.1. The Labute approximate surface area is 111 Å². The Morgan fingerprint density at radius 3 is 2.83 bits per heavy atom. The van der Waals surface area contributed by atoms with E-state index in [1.54, 1.807) is 22.7 Å². The summed E-state index contributed by atoms with van der Waals surface area (Å²) in [6, 6.07) is 7.21. The molecule has 0 aliphatic carbocycles. The number of nitrogens with zero attached hydrogens (tertiary/aromatic N) is 3. The molecule has 0 saturated heterocycles. The number of pyridine rings is 1. The minimum Gasteiger partial charge on any atom is -0.446 e. The largest absolute Gasteiger partial charge is 0.446 e. The molecule has 0 atom stereocenters. The molecule has 3 rings (SSSR count). The lowest BCUT2D eigenvalue weighted by atomic mass is 10.2. The Hall–Kier alpha value is -1.86. The van der Waals surface area contributed by atoms with Crippen LogP contribution in [0.5, 0.6) is 0 Å². The first-order chi connectivity index (χ1) is 8.67. The number of halogens is 1. The topological polar surface area (TPSA) is 95.4 Å². The molecule has 0 spiro atoms. The molecule has 3 aromatic heterocycles. The molecule has 0 radical (unpaired) electrons. The van der Waals surface area contributed by atoms with Gasteiger partial charge in [-0.25, -0.2) is 4.98 Å². The number of furan rings is 1. The maximum Gasteiger partial charge on any atom is 0.218 e. The first kappa shape index (κ1) is 11.2. The highest BCUT2D eigenvalue weighted by atomic mass is 79.9. The van der Waals surface area contributed by atoms with Gasteiger partial charge >= 0.3 is 0 Å². The SMILES string of the molecule is NCc1cc(N)n2nc(-c3ccc(Br)o3)nc2c1. The Bertz CT molecular complexity index is 717. The zero-order valence-electron chi connectivity index (χ0n) is 9.30. The van der Waals surface area contributed by atoms with Crippen molar-refractivity contribution in [3.05, 3.63) is 34.5 Å². The van der Waals surface area contributed by atoms with Crippen LogP contribution in [0.15, 0.2) is 33.4 Å². The fraction of sp³-hybridized carbons (Fsp3) is 0.0909. The molecule has 7 heteroatoms. The van der Waals surface area contributed by atoms with Gasteiger partial charge in [-0.15, -0.1) is 5.10 Å². The van der Waals surface area contributed by atoms with E-state index in [1.807, 2.05) is 6.07 Å². The molecule has 6 nitrogen and oxygen atoms in total. The molecule has 0 bridgehead atoms. The molecular formula is C11H10BrN5O. The third-order valence-electron chi connectivity index (χ3n) is 2.55. The van der Waals surface area contributed by atoms with Gasteiger partial charge in [0.2, 0.25) is 5.82 Å². The minimum absolute atomic E-state index is 0.412. The van der Waals surface area contributed by atoms with E-state index in [4.69, 9.17) is 15.9 Å². The molecule has 0 saturated carbocycles. The summed E-state index contributed by atoms with van der Waals surface area (Å²) in [4.78, 5) is 4.37. The van der Waals surface area contributed by atoms with E-state index in [9.17, 15) is 0 Å². The van der Waals surface area contributed by atoms with Crippen LogP contribution in [0.4, 0.5) is 5.82 Å². The molecule has 3 heterocycles. The normalized spacial score (nSPS) is 11.2. The highest BCUT2D eigenvalue weighted by Crippen LogP contribution is 2.23. The second-order valence-corrected chi connectivity index (χ2v) is 4.58. The Kier molecular flexibility index (Phi) is 2.57. The molecule has 0 aliphatic rings. The number of nitrogen functional groups attached to an aromatic ring is 1. The van der Waals surface area contributed by atoms with E-state index >= 15 is 0 Å². The van der Waals surface area contributed by atoms with E-state index < -0.39 is 0 Å². The number of anilines is 1. The molecule has 0 aliphatic heterocycles.